The van der Waals surface area contributed by atoms with Crippen LogP contribution in [0.3, 0.4) is 0 Å². The van der Waals surface area contributed by atoms with Crippen molar-refractivity contribution < 1.29 is 9.84 Å². The van der Waals surface area contributed by atoms with Gasteiger partial charge in [0.15, 0.2) is 0 Å². The lowest BCUT2D eigenvalue weighted by molar-refractivity contribution is -0.0344. The van der Waals surface area contributed by atoms with Crippen LogP contribution in [0.2, 0.25) is 0 Å². The SMILES string of the molecule is CN1CCN(CC(c2ccccc2OCc2ccccc2)C2(O)CCCCC2)CC1. The summed E-state index contributed by atoms with van der Waals surface area (Å²) in [5, 5.41) is 11.8. The van der Waals surface area contributed by atoms with Crippen LogP contribution >= 0.6 is 0 Å². The molecule has 4 rings (SSSR count). The highest BCUT2D eigenvalue weighted by atomic mass is 16.5. The van der Waals surface area contributed by atoms with Crippen molar-refractivity contribution in [3.05, 3.63) is 65.7 Å². The molecule has 2 aliphatic rings. The standard InChI is InChI=1S/C26H36N2O2/c1-27-16-18-28(19-17-27)20-24(26(29)14-8-3-9-15-26)23-12-6-7-13-25(23)30-21-22-10-4-2-5-11-22/h2,4-7,10-13,24,29H,3,8-9,14-21H2,1H3. The monoisotopic (exact) mass is 408 g/mol. The van der Waals surface area contributed by atoms with Gasteiger partial charge in [-0.25, -0.2) is 0 Å². The van der Waals surface area contributed by atoms with Crippen molar-refractivity contribution in [1.82, 2.24) is 9.80 Å². The van der Waals surface area contributed by atoms with E-state index in [2.05, 4.69) is 47.2 Å². The molecule has 2 aromatic rings. The number of benzene rings is 2. The minimum absolute atomic E-state index is 0.0770. The molecule has 1 atom stereocenters. The molecule has 0 amide bonds. The second-order valence-corrected chi connectivity index (χ2v) is 9.13. The molecule has 4 nitrogen and oxygen atoms in total. The van der Waals surface area contributed by atoms with Gasteiger partial charge in [0.25, 0.3) is 0 Å². The molecule has 1 heterocycles. The van der Waals surface area contributed by atoms with E-state index in [0.29, 0.717) is 6.61 Å². The molecule has 1 N–H and O–H groups in total. The Morgan fingerprint density at radius 2 is 1.57 bits per heavy atom. The van der Waals surface area contributed by atoms with Crippen LogP contribution in [-0.2, 0) is 6.61 Å². The predicted molar refractivity (Wildman–Crippen MR) is 122 cm³/mol. The number of para-hydroxylation sites is 1. The van der Waals surface area contributed by atoms with Gasteiger partial charge in [0.2, 0.25) is 0 Å². The van der Waals surface area contributed by atoms with Crippen LogP contribution in [-0.4, -0.2) is 60.3 Å². The van der Waals surface area contributed by atoms with E-state index in [1.807, 2.05) is 24.3 Å². The summed E-state index contributed by atoms with van der Waals surface area (Å²) in [6, 6.07) is 18.7. The van der Waals surface area contributed by atoms with Gasteiger partial charge < -0.3 is 19.6 Å². The van der Waals surface area contributed by atoms with Crippen LogP contribution in [0.25, 0.3) is 0 Å². The van der Waals surface area contributed by atoms with Gasteiger partial charge in [-0.3, -0.25) is 0 Å². The summed E-state index contributed by atoms with van der Waals surface area (Å²) in [6.07, 6.45) is 5.23. The lowest BCUT2D eigenvalue weighted by Crippen LogP contribution is -2.50. The summed E-state index contributed by atoms with van der Waals surface area (Å²) in [5.41, 5.74) is 1.68. The van der Waals surface area contributed by atoms with Crippen molar-refractivity contribution >= 4 is 0 Å². The topological polar surface area (TPSA) is 35.9 Å². The number of hydrogen-bond acceptors (Lipinski definition) is 4. The summed E-state index contributed by atoms with van der Waals surface area (Å²) in [5.74, 6) is 0.993. The third-order valence-corrected chi connectivity index (χ3v) is 6.94. The maximum Gasteiger partial charge on any atom is 0.123 e. The van der Waals surface area contributed by atoms with Gasteiger partial charge in [-0.1, -0.05) is 67.8 Å². The molecule has 4 heteroatoms. The van der Waals surface area contributed by atoms with Crippen LogP contribution in [0.1, 0.15) is 49.1 Å². The second kappa shape index (κ2) is 9.95. The smallest absolute Gasteiger partial charge is 0.123 e. The van der Waals surface area contributed by atoms with Crippen molar-refractivity contribution in [2.24, 2.45) is 0 Å². The fourth-order valence-electron chi connectivity index (χ4n) is 4.99. The number of piperazine rings is 1. The summed E-state index contributed by atoms with van der Waals surface area (Å²) in [6.45, 7) is 5.77. The van der Waals surface area contributed by atoms with E-state index in [4.69, 9.17) is 4.74 Å². The molecule has 0 aromatic heterocycles. The number of ether oxygens (including phenoxy) is 1. The highest BCUT2D eigenvalue weighted by Crippen LogP contribution is 2.43. The molecule has 2 aromatic carbocycles. The van der Waals surface area contributed by atoms with Gasteiger partial charge in [-0.15, -0.1) is 0 Å². The maximum atomic E-state index is 11.8. The molecule has 1 aliphatic carbocycles. The van der Waals surface area contributed by atoms with Gasteiger partial charge >= 0.3 is 0 Å². The van der Waals surface area contributed by atoms with Crippen molar-refractivity contribution in [2.75, 3.05) is 39.8 Å². The molecular weight excluding hydrogens is 372 g/mol. The van der Waals surface area contributed by atoms with E-state index in [0.717, 1.165) is 69.7 Å². The van der Waals surface area contributed by atoms with Gasteiger partial charge in [0, 0.05) is 44.2 Å². The van der Waals surface area contributed by atoms with Crippen LogP contribution in [0.15, 0.2) is 54.6 Å². The van der Waals surface area contributed by atoms with Crippen molar-refractivity contribution in [3.63, 3.8) is 0 Å². The number of rotatable bonds is 7. The van der Waals surface area contributed by atoms with E-state index in [9.17, 15) is 5.11 Å². The van der Waals surface area contributed by atoms with E-state index in [1.165, 1.54) is 12.0 Å². The molecule has 0 radical (unpaired) electrons. The zero-order valence-electron chi connectivity index (χ0n) is 18.3. The fourth-order valence-corrected chi connectivity index (χ4v) is 4.99. The molecular formula is C26H36N2O2. The molecule has 1 aliphatic heterocycles. The number of hydrogen-bond donors (Lipinski definition) is 1. The Labute approximate surface area is 181 Å². The molecule has 1 saturated heterocycles. The van der Waals surface area contributed by atoms with Crippen LogP contribution in [0, 0.1) is 0 Å². The molecule has 1 unspecified atom stereocenters. The van der Waals surface area contributed by atoms with Gasteiger partial charge in [0.05, 0.1) is 5.60 Å². The Hall–Kier alpha value is -1.88. The van der Waals surface area contributed by atoms with Crippen LogP contribution in [0.4, 0.5) is 0 Å². The maximum absolute atomic E-state index is 11.8. The third-order valence-electron chi connectivity index (χ3n) is 6.94. The number of likely N-dealkylation sites (N-methyl/N-ethyl adjacent to an activating group) is 1. The zero-order valence-corrected chi connectivity index (χ0v) is 18.3. The first-order chi connectivity index (χ1) is 14.6. The first-order valence-electron chi connectivity index (χ1n) is 11.5. The molecule has 2 fully saturated rings. The first-order valence-corrected chi connectivity index (χ1v) is 11.5. The van der Waals surface area contributed by atoms with E-state index >= 15 is 0 Å². The Balaban J connectivity index is 1.58. The van der Waals surface area contributed by atoms with Crippen molar-refractivity contribution in [2.45, 2.75) is 50.2 Å². The normalized spacial score (nSPS) is 21.3. The number of aliphatic hydroxyl groups is 1. The second-order valence-electron chi connectivity index (χ2n) is 9.13. The Morgan fingerprint density at radius 3 is 2.30 bits per heavy atom. The highest BCUT2D eigenvalue weighted by molar-refractivity contribution is 5.39. The summed E-state index contributed by atoms with van der Waals surface area (Å²) in [4.78, 5) is 4.92. The zero-order chi connectivity index (χ0) is 20.8. The van der Waals surface area contributed by atoms with Crippen LogP contribution in [0.5, 0.6) is 5.75 Å². The lowest BCUT2D eigenvalue weighted by atomic mass is 9.72. The molecule has 30 heavy (non-hydrogen) atoms. The Morgan fingerprint density at radius 1 is 0.900 bits per heavy atom. The Bertz CT molecular complexity index is 781. The van der Waals surface area contributed by atoms with Crippen LogP contribution < -0.4 is 4.74 Å². The molecule has 1 saturated carbocycles. The molecule has 0 spiro atoms. The largest absolute Gasteiger partial charge is 0.489 e. The van der Waals surface area contributed by atoms with E-state index < -0.39 is 5.60 Å². The predicted octanol–water partition coefficient (Wildman–Crippen LogP) is 4.29. The van der Waals surface area contributed by atoms with Crippen molar-refractivity contribution in [1.29, 1.82) is 0 Å². The van der Waals surface area contributed by atoms with Gasteiger partial charge in [0.1, 0.15) is 12.4 Å². The quantitative estimate of drug-likeness (QED) is 0.741. The minimum Gasteiger partial charge on any atom is -0.489 e. The van der Waals surface area contributed by atoms with Gasteiger partial charge in [-0.2, -0.15) is 0 Å². The first kappa shape index (κ1) is 21.4. The number of nitrogens with zero attached hydrogens (tertiary/aromatic N) is 2. The van der Waals surface area contributed by atoms with E-state index in [1.54, 1.807) is 0 Å². The summed E-state index contributed by atoms with van der Waals surface area (Å²) in [7, 11) is 2.19. The average Bonchev–Trinajstić information content (AvgIpc) is 2.79. The van der Waals surface area contributed by atoms with E-state index in [-0.39, 0.29) is 5.92 Å². The third kappa shape index (κ3) is 5.23. The lowest BCUT2D eigenvalue weighted by Gasteiger charge is -2.43. The Kier molecular flexibility index (Phi) is 7.08. The average molecular weight is 409 g/mol. The minimum atomic E-state index is -0.645. The van der Waals surface area contributed by atoms with Gasteiger partial charge in [-0.05, 0) is 31.5 Å². The molecule has 0 bridgehead atoms. The summed E-state index contributed by atoms with van der Waals surface area (Å²) < 4.78 is 6.31. The fraction of sp³-hybridized carbons (Fsp3) is 0.538. The molecule has 162 valence electrons. The summed E-state index contributed by atoms with van der Waals surface area (Å²) >= 11 is 0. The van der Waals surface area contributed by atoms with Crippen molar-refractivity contribution in [3.8, 4) is 5.75 Å². The highest BCUT2D eigenvalue weighted by Gasteiger charge is 2.41.